The number of hydrogen-bond acceptors (Lipinski definition) is 4. The first-order chi connectivity index (χ1) is 8.75. The van der Waals surface area contributed by atoms with Crippen molar-refractivity contribution in [3.8, 4) is 0 Å². The van der Waals surface area contributed by atoms with Gasteiger partial charge >= 0.3 is 0 Å². The summed E-state index contributed by atoms with van der Waals surface area (Å²) in [6.07, 6.45) is 7.29. The molecular formula is C13H24N4O. The number of likely N-dealkylation sites (N-methyl/N-ethyl adjacent to an activating group) is 1. The van der Waals surface area contributed by atoms with Gasteiger partial charge in [0.05, 0.1) is 5.60 Å². The fourth-order valence-electron chi connectivity index (χ4n) is 3.11. The Morgan fingerprint density at radius 2 is 2.22 bits per heavy atom. The number of aryl methyl sites for hydroxylation is 1. The molecule has 1 aliphatic carbocycles. The van der Waals surface area contributed by atoms with Crippen LogP contribution in [0.1, 0.15) is 38.4 Å². The third-order valence-electron chi connectivity index (χ3n) is 4.22. The maximum atomic E-state index is 5.85. The molecule has 0 saturated heterocycles. The molecular weight excluding hydrogens is 228 g/mol. The lowest BCUT2D eigenvalue weighted by Crippen LogP contribution is -2.50. The normalized spacial score (nSPS) is 20.2. The van der Waals surface area contributed by atoms with Gasteiger partial charge in [0.15, 0.2) is 0 Å². The zero-order valence-corrected chi connectivity index (χ0v) is 11.6. The van der Waals surface area contributed by atoms with Crippen molar-refractivity contribution >= 4 is 0 Å². The molecule has 0 aliphatic heterocycles. The minimum absolute atomic E-state index is 0.0285. The van der Waals surface area contributed by atoms with E-state index >= 15 is 0 Å². The van der Waals surface area contributed by atoms with E-state index in [4.69, 9.17) is 4.74 Å². The lowest BCUT2D eigenvalue weighted by Gasteiger charge is -2.36. The van der Waals surface area contributed by atoms with Crippen LogP contribution in [0.25, 0.3) is 0 Å². The molecule has 0 amide bonds. The van der Waals surface area contributed by atoms with Crippen LogP contribution in [0.3, 0.4) is 0 Å². The molecule has 0 radical (unpaired) electrons. The molecule has 1 saturated carbocycles. The molecule has 1 atom stereocenters. The molecule has 1 fully saturated rings. The Bertz CT molecular complexity index is 371. The Labute approximate surface area is 109 Å². The van der Waals surface area contributed by atoms with Crippen LogP contribution >= 0.6 is 0 Å². The second-order valence-corrected chi connectivity index (χ2v) is 5.01. The quantitative estimate of drug-likeness (QED) is 0.831. The summed E-state index contributed by atoms with van der Waals surface area (Å²) in [6.45, 7) is 2.96. The van der Waals surface area contributed by atoms with Crippen molar-refractivity contribution in [2.75, 3.05) is 14.2 Å². The van der Waals surface area contributed by atoms with Gasteiger partial charge < -0.3 is 10.1 Å². The summed E-state index contributed by atoms with van der Waals surface area (Å²) in [5.74, 6) is 1.04. The standard InChI is InChI=1S/C13H24N4O/c1-4-17-12(15-10-16-17)9-11(14-2)13(18-3)7-5-6-8-13/h10-11,14H,4-9H2,1-3H3. The van der Waals surface area contributed by atoms with Crippen LogP contribution in [-0.4, -0.2) is 40.6 Å². The summed E-state index contributed by atoms with van der Waals surface area (Å²) in [7, 11) is 3.84. The largest absolute Gasteiger partial charge is 0.377 e. The first kappa shape index (κ1) is 13.5. The van der Waals surface area contributed by atoms with Gasteiger partial charge in [0, 0.05) is 26.1 Å². The fourth-order valence-corrected chi connectivity index (χ4v) is 3.11. The van der Waals surface area contributed by atoms with Crippen molar-refractivity contribution < 1.29 is 4.74 Å². The van der Waals surface area contributed by atoms with Crippen LogP contribution in [0.15, 0.2) is 6.33 Å². The molecule has 2 rings (SSSR count). The lowest BCUT2D eigenvalue weighted by molar-refractivity contribution is -0.0343. The number of methoxy groups -OCH3 is 1. The number of nitrogens with one attached hydrogen (secondary N) is 1. The van der Waals surface area contributed by atoms with E-state index in [1.54, 1.807) is 6.33 Å². The van der Waals surface area contributed by atoms with Crippen LogP contribution in [0, 0.1) is 0 Å². The summed E-state index contributed by atoms with van der Waals surface area (Å²) in [5, 5.41) is 7.65. The summed E-state index contributed by atoms with van der Waals surface area (Å²) < 4.78 is 7.82. The predicted octanol–water partition coefficient (Wildman–Crippen LogP) is 1.39. The van der Waals surface area contributed by atoms with E-state index in [1.807, 2.05) is 18.8 Å². The van der Waals surface area contributed by atoms with Gasteiger partial charge in [-0.05, 0) is 26.8 Å². The van der Waals surface area contributed by atoms with Gasteiger partial charge in [0.2, 0.25) is 0 Å². The van der Waals surface area contributed by atoms with Crippen molar-refractivity contribution in [1.29, 1.82) is 0 Å². The summed E-state index contributed by atoms with van der Waals surface area (Å²) in [5.41, 5.74) is -0.0285. The van der Waals surface area contributed by atoms with E-state index in [1.165, 1.54) is 12.8 Å². The molecule has 0 spiro atoms. The highest BCUT2D eigenvalue weighted by Crippen LogP contribution is 2.36. The number of nitrogens with zero attached hydrogens (tertiary/aromatic N) is 3. The van der Waals surface area contributed by atoms with Crippen molar-refractivity contribution in [3.05, 3.63) is 12.2 Å². The van der Waals surface area contributed by atoms with Crippen molar-refractivity contribution in [3.63, 3.8) is 0 Å². The Kier molecular flexibility index (Phi) is 4.35. The minimum Gasteiger partial charge on any atom is -0.377 e. The SMILES string of the molecule is CCn1ncnc1CC(NC)C1(OC)CCCC1. The zero-order chi connectivity index (χ0) is 13.0. The van der Waals surface area contributed by atoms with E-state index < -0.39 is 0 Å². The van der Waals surface area contributed by atoms with Crippen LogP contribution in [0.5, 0.6) is 0 Å². The van der Waals surface area contributed by atoms with Gasteiger partial charge in [-0.25, -0.2) is 4.98 Å². The minimum atomic E-state index is -0.0285. The first-order valence-electron chi connectivity index (χ1n) is 6.85. The molecule has 1 N–H and O–H groups in total. The van der Waals surface area contributed by atoms with Crippen LogP contribution in [-0.2, 0) is 17.7 Å². The fraction of sp³-hybridized carbons (Fsp3) is 0.846. The summed E-state index contributed by atoms with van der Waals surface area (Å²) in [6, 6.07) is 0.305. The van der Waals surface area contributed by atoms with Crippen molar-refractivity contribution in [2.45, 2.75) is 57.2 Å². The van der Waals surface area contributed by atoms with Gasteiger partial charge in [0.25, 0.3) is 0 Å². The molecule has 1 aromatic rings. The lowest BCUT2D eigenvalue weighted by atomic mass is 9.89. The van der Waals surface area contributed by atoms with Crippen LogP contribution < -0.4 is 5.32 Å². The molecule has 0 aromatic carbocycles. The smallest absolute Gasteiger partial charge is 0.138 e. The van der Waals surface area contributed by atoms with E-state index in [9.17, 15) is 0 Å². The molecule has 5 nitrogen and oxygen atoms in total. The highest BCUT2D eigenvalue weighted by Gasteiger charge is 2.41. The van der Waals surface area contributed by atoms with Gasteiger partial charge in [-0.3, -0.25) is 4.68 Å². The number of rotatable bonds is 6. The van der Waals surface area contributed by atoms with E-state index in [2.05, 4.69) is 22.3 Å². The first-order valence-corrected chi connectivity index (χ1v) is 6.85. The third kappa shape index (κ3) is 2.42. The topological polar surface area (TPSA) is 52.0 Å². The average molecular weight is 252 g/mol. The second-order valence-electron chi connectivity index (χ2n) is 5.01. The Balaban J connectivity index is 2.13. The Hall–Kier alpha value is -0.940. The third-order valence-corrected chi connectivity index (χ3v) is 4.22. The average Bonchev–Trinajstić information content (AvgIpc) is 3.05. The van der Waals surface area contributed by atoms with Gasteiger partial charge in [-0.15, -0.1) is 0 Å². The predicted molar refractivity (Wildman–Crippen MR) is 70.5 cm³/mol. The molecule has 1 heterocycles. The summed E-state index contributed by atoms with van der Waals surface area (Å²) >= 11 is 0. The van der Waals surface area contributed by atoms with Crippen molar-refractivity contribution in [1.82, 2.24) is 20.1 Å². The number of ether oxygens (including phenoxy) is 1. The molecule has 5 heteroatoms. The molecule has 1 unspecified atom stereocenters. The van der Waals surface area contributed by atoms with Crippen LogP contribution in [0.4, 0.5) is 0 Å². The van der Waals surface area contributed by atoms with Gasteiger partial charge in [-0.1, -0.05) is 12.8 Å². The Morgan fingerprint density at radius 1 is 1.50 bits per heavy atom. The highest BCUT2D eigenvalue weighted by atomic mass is 16.5. The highest BCUT2D eigenvalue weighted by molar-refractivity contribution is 5.02. The maximum absolute atomic E-state index is 5.85. The van der Waals surface area contributed by atoms with E-state index in [0.717, 1.165) is 31.6 Å². The van der Waals surface area contributed by atoms with Gasteiger partial charge in [0.1, 0.15) is 12.2 Å². The molecule has 1 aliphatic rings. The molecule has 102 valence electrons. The van der Waals surface area contributed by atoms with Gasteiger partial charge in [-0.2, -0.15) is 5.10 Å². The monoisotopic (exact) mass is 252 g/mol. The molecule has 18 heavy (non-hydrogen) atoms. The molecule has 0 bridgehead atoms. The second kappa shape index (κ2) is 5.80. The Morgan fingerprint density at radius 3 is 2.78 bits per heavy atom. The van der Waals surface area contributed by atoms with Crippen molar-refractivity contribution in [2.24, 2.45) is 0 Å². The summed E-state index contributed by atoms with van der Waals surface area (Å²) in [4.78, 5) is 4.37. The van der Waals surface area contributed by atoms with Crippen LogP contribution in [0.2, 0.25) is 0 Å². The zero-order valence-electron chi connectivity index (χ0n) is 11.6. The maximum Gasteiger partial charge on any atom is 0.138 e. The molecule has 1 aromatic heterocycles. The van der Waals surface area contributed by atoms with E-state index in [0.29, 0.717) is 6.04 Å². The van der Waals surface area contributed by atoms with E-state index in [-0.39, 0.29) is 5.60 Å². The number of aromatic nitrogens is 3. The number of hydrogen-bond donors (Lipinski definition) is 1.